The monoisotopic (exact) mass is 445 g/mol. The van der Waals surface area contributed by atoms with Gasteiger partial charge in [0, 0.05) is 11.3 Å². The third-order valence-electron chi connectivity index (χ3n) is 4.73. The lowest BCUT2D eigenvalue weighted by Crippen LogP contribution is -2.35. The predicted molar refractivity (Wildman–Crippen MR) is 124 cm³/mol. The van der Waals surface area contributed by atoms with Crippen LogP contribution in [0.1, 0.15) is 70.1 Å². The summed E-state index contributed by atoms with van der Waals surface area (Å²) >= 11 is 0. The second-order valence-corrected chi connectivity index (χ2v) is 9.49. The Hall–Kier alpha value is -2.87. The molecule has 0 radical (unpaired) electrons. The number of hydrogen-bond acceptors (Lipinski definition) is 5. The van der Waals surface area contributed by atoms with E-state index in [4.69, 9.17) is 4.84 Å². The number of rotatable bonds is 8. The van der Waals surface area contributed by atoms with Crippen molar-refractivity contribution >= 4 is 27.5 Å². The molecule has 0 aliphatic heterocycles. The largest absolute Gasteiger partial charge is 0.396 e. The highest BCUT2D eigenvalue weighted by Crippen LogP contribution is 2.32. The van der Waals surface area contributed by atoms with Gasteiger partial charge in [0.25, 0.3) is 10.0 Å². The number of hydrogen-bond donors (Lipinski definition) is 2. The minimum absolute atomic E-state index is 0.0348. The molecule has 2 aromatic carbocycles. The standard InChI is InChI=1S/C23H31N3O4S/c1-7-30-25-17(6)18-10-8-11-19(14-18)31(28,29)26-23(27)24-22-20(15(2)3)12-9-13-21(22)16(4)5/h8-16H,7H2,1-6H3,(H2,24,26,27). The fourth-order valence-corrected chi connectivity index (χ4v) is 4.07. The van der Waals surface area contributed by atoms with Crippen LogP contribution in [0.2, 0.25) is 0 Å². The molecule has 0 bridgehead atoms. The number of nitrogens with zero attached hydrogens (tertiary/aromatic N) is 1. The number of carbonyl (C=O) groups excluding carboxylic acids is 1. The van der Waals surface area contributed by atoms with Crippen molar-refractivity contribution in [1.82, 2.24) is 4.72 Å². The molecule has 2 N–H and O–H groups in total. The van der Waals surface area contributed by atoms with Crippen LogP contribution < -0.4 is 10.0 Å². The predicted octanol–water partition coefficient (Wildman–Crippen LogP) is 5.20. The van der Waals surface area contributed by atoms with E-state index in [2.05, 4.69) is 15.2 Å². The molecule has 0 saturated carbocycles. The Labute approximate surface area is 184 Å². The highest BCUT2D eigenvalue weighted by Gasteiger charge is 2.21. The summed E-state index contributed by atoms with van der Waals surface area (Å²) in [6, 6.07) is 11.2. The summed E-state index contributed by atoms with van der Waals surface area (Å²) in [5.74, 6) is 0.324. The average molecular weight is 446 g/mol. The highest BCUT2D eigenvalue weighted by molar-refractivity contribution is 7.90. The topological polar surface area (TPSA) is 96.9 Å². The Morgan fingerprint density at radius 3 is 2.16 bits per heavy atom. The van der Waals surface area contributed by atoms with Gasteiger partial charge in [-0.25, -0.2) is 17.9 Å². The van der Waals surface area contributed by atoms with Crippen molar-refractivity contribution in [3.05, 3.63) is 59.2 Å². The van der Waals surface area contributed by atoms with E-state index in [1.165, 1.54) is 12.1 Å². The molecule has 0 aliphatic carbocycles. The van der Waals surface area contributed by atoms with E-state index in [-0.39, 0.29) is 16.7 Å². The van der Waals surface area contributed by atoms with Crippen molar-refractivity contribution in [1.29, 1.82) is 0 Å². The third-order valence-corrected chi connectivity index (χ3v) is 6.06. The second kappa shape index (κ2) is 10.4. The average Bonchev–Trinajstić information content (AvgIpc) is 2.71. The summed E-state index contributed by atoms with van der Waals surface area (Å²) in [6.07, 6.45) is 0. The lowest BCUT2D eigenvalue weighted by Gasteiger charge is -2.20. The zero-order chi connectivity index (χ0) is 23.2. The molecule has 168 valence electrons. The molecule has 0 atom stereocenters. The fraction of sp³-hybridized carbons (Fsp3) is 0.391. The lowest BCUT2D eigenvalue weighted by molar-refractivity contribution is 0.159. The minimum Gasteiger partial charge on any atom is -0.396 e. The quantitative estimate of drug-likeness (QED) is 0.431. The maximum atomic E-state index is 12.8. The van der Waals surface area contributed by atoms with Gasteiger partial charge in [-0.05, 0) is 48.9 Å². The van der Waals surface area contributed by atoms with E-state index >= 15 is 0 Å². The molecule has 31 heavy (non-hydrogen) atoms. The molecule has 0 fully saturated rings. The summed E-state index contributed by atoms with van der Waals surface area (Å²) in [4.78, 5) is 17.7. The molecular formula is C23H31N3O4S. The summed E-state index contributed by atoms with van der Waals surface area (Å²) in [7, 11) is -4.08. The molecule has 2 amide bonds. The maximum Gasteiger partial charge on any atom is 0.333 e. The first-order valence-electron chi connectivity index (χ1n) is 10.3. The van der Waals surface area contributed by atoms with Crippen LogP contribution in [0.3, 0.4) is 0 Å². The molecule has 0 unspecified atom stereocenters. The van der Waals surface area contributed by atoms with Gasteiger partial charge in [-0.3, -0.25) is 0 Å². The zero-order valence-corrected chi connectivity index (χ0v) is 19.7. The van der Waals surface area contributed by atoms with E-state index in [9.17, 15) is 13.2 Å². The van der Waals surface area contributed by atoms with Crippen LogP contribution in [-0.4, -0.2) is 26.8 Å². The van der Waals surface area contributed by atoms with Crippen LogP contribution in [0.15, 0.2) is 52.5 Å². The summed E-state index contributed by atoms with van der Waals surface area (Å²) < 4.78 is 27.7. The summed E-state index contributed by atoms with van der Waals surface area (Å²) in [5.41, 5.74) is 3.67. The smallest absolute Gasteiger partial charge is 0.333 e. The summed E-state index contributed by atoms with van der Waals surface area (Å²) in [6.45, 7) is 12.0. The molecule has 0 saturated heterocycles. The number of para-hydroxylation sites is 1. The Morgan fingerprint density at radius 1 is 1.03 bits per heavy atom. The van der Waals surface area contributed by atoms with Crippen LogP contribution in [0.4, 0.5) is 10.5 Å². The first kappa shape index (κ1) is 24.4. The maximum absolute atomic E-state index is 12.8. The first-order valence-corrected chi connectivity index (χ1v) is 11.8. The van der Waals surface area contributed by atoms with E-state index in [0.717, 1.165) is 11.1 Å². The molecule has 2 aromatic rings. The van der Waals surface area contributed by atoms with Crippen LogP contribution in [-0.2, 0) is 14.9 Å². The SMILES string of the molecule is CCON=C(C)c1cccc(S(=O)(=O)NC(=O)Nc2c(C(C)C)cccc2C(C)C)c1. The van der Waals surface area contributed by atoms with E-state index < -0.39 is 16.1 Å². The Morgan fingerprint density at radius 2 is 1.61 bits per heavy atom. The van der Waals surface area contributed by atoms with E-state index in [1.807, 2.05) is 52.8 Å². The minimum atomic E-state index is -4.08. The number of amides is 2. The Bertz CT molecular complexity index is 1030. The van der Waals surface area contributed by atoms with Crippen LogP contribution in [0.25, 0.3) is 0 Å². The molecule has 7 nitrogen and oxygen atoms in total. The number of carbonyl (C=O) groups is 1. The first-order chi connectivity index (χ1) is 14.6. The Kier molecular flexibility index (Phi) is 8.21. The van der Waals surface area contributed by atoms with Gasteiger partial charge in [-0.1, -0.05) is 63.2 Å². The van der Waals surface area contributed by atoms with Crippen LogP contribution >= 0.6 is 0 Å². The van der Waals surface area contributed by atoms with Gasteiger partial charge >= 0.3 is 6.03 Å². The van der Waals surface area contributed by atoms with Gasteiger partial charge in [0.15, 0.2) is 0 Å². The molecule has 2 rings (SSSR count). The van der Waals surface area contributed by atoms with Crippen LogP contribution in [0, 0.1) is 0 Å². The van der Waals surface area contributed by atoms with Gasteiger partial charge in [0.1, 0.15) is 6.61 Å². The fourth-order valence-electron chi connectivity index (χ4n) is 3.12. The lowest BCUT2D eigenvalue weighted by atomic mass is 9.93. The number of urea groups is 1. The van der Waals surface area contributed by atoms with Gasteiger partial charge in [0.05, 0.1) is 10.6 Å². The van der Waals surface area contributed by atoms with Crippen molar-refractivity contribution in [3.8, 4) is 0 Å². The molecule has 0 aliphatic rings. The molecule has 0 aromatic heterocycles. The highest BCUT2D eigenvalue weighted by atomic mass is 32.2. The molecule has 0 spiro atoms. The van der Waals surface area contributed by atoms with Gasteiger partial charge in [0.2, 0.25) is 0 Å². The number of oxime groups is 1. The van der Waals surface area contributed by atoms with Gasteiger partial charge in [-0.2, -0.15) is 0 Å². The second-order valence-electron chi connectivity index (χ2n) is 7.80. The van der Waals surface area contributed by atoms with Crippen molar-refractivity contribution in [2.24, 2.45) is 5.16 Å². The van der Waals surface area contributed by atoms with Crippen molar-refractivity contribution in [2.75, 3.05) is 11.9 Å². The Balaban J connectivity index is 2.29. The normalized spacial score (nSPS) is 12.2. The number of anilines is 1. The van der Waals surface area contributed by atoms with Crippen molar-refractivity contribution in [2.45, 2.75) is 58.3 Å². The zero-order valence-electron chi connectivity index (χ0n) is 18.9. The van der Waals surface area contributed by atoms with Gasteiger partial charge < -0.3 is 10.2 Å². The summed E-state index contributed by atoms with van der Waals surface area (Å²) in [5, 5.41) is 6.69. The van der Waals surface area contributed by atoms with Crippen molar-refractivity contribution in [3.63, 3.8) is 0 Å². The molecule has 0 heterocycles. The molecular weight excluding hydrogens is 414 g/mol. The van der Waals surface area contributed by atoms with Gasteiger partial charge in [-0.15, -0.1) is 0 Å². The number of nitrogens with one attached hydrogen (secondary N) is 2. The van der Waals surface area contributed by atoms with E-state index in [1.54, 1.807) is 19.1 Å². The van der Waals surface area contributed by atoms with E-state index in [0.29, 0.717) is 23.6 Å². The third kappa shape index (κ3) is 6.30. The number of sulfonamides is 1. The number of benzene rings is 2. The van der Waals surface area contributed by atoms with Crippen LogP contribution in [0.5, 0.6) is 0 Å². The molecule has 8 heteroatoms. The van der Waals surface area contributed by atoms with Crippen molar-refractivity contribution < 1.29 is 18.0 Å².